The van der Waals surface area contributed by atoms with E-state index in [1.165, 1.54) is 5.56 Å². The minimum absolute atomic E-state index is 0.00208. The molecule has 2 rings (SSSR count). The Morgan fingerprint density at radius 3 is 2.84 bits per heavy atom. The average molecular weight is 261 g/mol. The maximum absolute atomic E-state index is 12.0. The van der Waals surface area contributed by atoms with Crippen LogP contribution in [0.25, 0.3) is 0 Å². The van der Waals surface area contributed by atoms with Gasteiger partial charge in [-0.25, -0.2) is 0 Å². The molecule has 1 aliphatic rings. The highest BCUT2D eigenvalue weighted by Gasteiger charge is 2.43. The predicted molar refractivity (Wildman–Crippen MR) is 75.9 cm³/mol. The summed E-state index contributed by atoms with van der Waals surface area (Å²) >= 11 is 0. The highest BCUT2D eigenvalue weighted by Crippen LogP contribution is 2.36. The van der Waals surface area contributed by atoms with Gasteiger partial charge in [0.25, 0.3) is 0 Å². The van der Waals surface area contributed by atoms with Crippen LogP contribution in [0.3, 0.4) is 0 Å². The molecule has 0 aliphatic carbocycles. The molecule has 0 amide bonds. The first-order valence-corrected chi connectivity index (χ1v) is 7.07. The molecule has 0 aromatic heterocycles. The lowest BCUT2D eigenvalue weighted by Gasteiger charge is -2.29. The first-order chi connectivity index (χ1) is 9.15. The summed E-state index contributed by atoms with van der Waals surface area (Å²) in [4.78, 5) is 12.0. The summed E-state index contributed by atoms with van der Waals surface area (Å²) < 4.78 is 5.19. The van der Waals surface area contributed by atoms with Gasteiger partial charge in [-0.2, -0.15) is 0 Å². The van der Waals surface area contributed by atoms with Gasteiger partial charge in [0.05, 0.1) is 12.5 Å². The number of benzene rings is 1. The van der Waals surface area contributed by atoms with Crippen molar-refractivity contribution in [3.63, 3.8) is 0 Å². The highest BCUT2D eigenvalue weighted by molar-refractivity contribution is 5.74. The summed E-state index contributed by atoms with van der Waals surface area (Å²) in [5, 5.41) is 3.34. The third-order valence-corrected chi connectivity index (χ3v) is 4.12. The fraction of sp³-hybridized carbons (Fsp3) is 0.562. The number of ether oxygens (including phenoxy) is 1. The molecule has 1 heterocycles. The number of carbonyl (C=O) groups excluding carboxylic acids is 1. The molecule has 19 heavy (non-hydrogen) atoms. The fourth-order valence-electron chi connectivity index (χ4n) is 2.82. The first-order valence-electron chi connectivity index (χ1n) is 7.07. The van der Waals surface area contributed by atoms with E-state index >= 15 is 0 Å². The number of hydrogen-bond donors (Lipinski definition) is 1. The van der Waals surface area contributed by atoms with E-state index in [4.69, 9.17) is 4.74 Å². The molecule has 0 saturated carbocycles. The van der Waals surface area contributed by atoms with E-state index in [1.807, 2.05) is 13.0 Å². The van der Waals surface area contributed by atoms with Crippen molar-refractivity contribution >= 4 is 5.97 Å². The van der Waals surface area contributed by atoms with Crippen LogP contribution in [0.1, 0.15) is 25.8 Å². The van der Waals surface area contributed by atoms with E-state index in [1.54, 1.807) is 0 Å². The molecule has 1 aromatic rings. The van der Waals surface area contributed by atoms with E-state index in [-0.39, 0.29) is 17.3 Å². The lowest BCUT2D eigenvalue weighted by molar-refractivity contribution is -0.150. The smallest absolute Gasteiger partial charge is 0.310 e. The third kappa shape index (κ3) is 3.35. The molecule has 0 spiro atoms. The summed E-state index contributed by atoms with van der Waals surface area (Å²) in [6.07, 6.45) is 2.02. The van der Waals surface area contributed by atoms with Gasteiger partial charge < -0.3 is 10.1 Å². The molecule has 104 valence electrons. The standard InChI is InChI=1S/C16H23NO2/c1-3-19-15(18)14-11-17-12-16(14,2)10-9-13-7-5-4-6-8-13/h4-8,14,17H,3,9-12H2,1-2H3. The zero-order chi connectivity index (χ0) is 13.7. The molecule has 3 heteroatoms. The second kappa shape index (κ2) is 6.20. The highest BCUT2D eigenvalue weighted by atomic mass is 16.5. The summed E-state index contributed by atoms with van der Waals surface area (Å²) in [5.41, 5.74) is 1.33. The Bertz CT molecular complexity index is 418. The largest absolute Gasteiger partial charge is 0.466 e. The zero-order valence-corrected chi connectivity index (χ0v) is 11.8. The number of hydrogen-bond acceptors (Lipinski definition) is 3. The van der Waals surface area contributed by atoms with E-state index < -0.39 is 0 Å². The van der Waals surface area contributed by atoms with Gasteiger partial charge in [0.15, 0.2) is 0 Å². The van der Waals surface area contributed by atoms with E-state index in [2.05, 4.69) is 36.5 Å². The number of nitrogens with one attached hydrogen (secondary N) is 1. The van der Waals surface area contributed by atoms with Gasteiger partial charge in [-0.05, 0) is 30.7 Å². The molecule has 2 unspecified atom stereocenters. The van der Waals surface area contributed by atoms with Crippen LogP contribution in [-0.4, -0.2) is 25.7 Å². The second-order valence-corrected chi connectivity index (χ2v) is 5.58. The van der Waals surface area contributed by atoms with Crippen LogP contribution < -0.4 is 5.32 Å². The Morgan fingerprint density at radius 2 is 2.16 bits per heavy atom. The predicted octanol–water partition coefficient (Wildman–Crippen LogP) is 2.41. The maximum atomic E-state index is 12.0. The van der Waals surface area contributed by atoms with Crippen molar-refractivity contribution in [3.8, 4) is 0 Å². The van der Waals surface area contributed by atoms with E-state index in [0.717, 1.165) is 25.9 Å². The maximum Gasteiger partial charge on any atom is 0.310 e. The van der Waals surface area contributed by atoms with E-state index in [0.29, 0.717) is 6.61 Å². The molecule has 1 aliphatic heterocycles. The van der Waals surface area contributed by atoms with Crippen LogP contribution in [0.5, 0.6) is 0 Å². The number of esters is 1. The van der Waals surface area contributed by atoms with Crippen LogP contribution in [-0.2, 0) is 16.0 Å². The summed E-state index contributed by atoms with van der Waals surface area (Å²) in [7, 11) is 0. The number of rotatable bonds is 5. The lowest BCUT2D eigenvalue weighted by atomic mass is 9.75. The molecule has 1 fully saturated rings. The fourth-order valence-corrected chi connectivity index (χ4v) is 2.82. The van der Waals surface area contributed by atoms with Gasteiger partial charge in [-0.15, -0.1) is 0 Å². The van der Waals surface area contributed by atoms with Gasteiger partial charge in [0, 0.05) is 13.1 Å². The van der Waals surface area contributed by atoms with Gasteiger partial charge in [-0.1, -0.05) is 37.3 Å². The number of carbonyl (C=O) groups is 1. The Hall–Kier alpha value is -1.35. The first kappa shape index (κ1) is 14.1. The van der Waals surface area contributed by atoms with Crippen molar-refractivity contribution < 1.29 is 9.53 Å². The second-order valence-electron chi connectivity index (χ2n) is 5.58. The number of aryl methyl sites for hydroxylation is 1. The van der Waals surface area contributed by atoms with Gasteiger partial charge in [0.2, 0.25) is 0 Å². The summed E-state index contributed by atoms with van der Waals surface area (Å²) in [5.74, 6) is -0.0702. The molecule has 2 atom stereocenters. The third-order valence-electron chi connectivity index (χ3n) is 4.12. The zero-order valence-electron chi connectivity index (χ0n) is 11.8. The lowest BCUT2D eigenvalue weighted by Crippen LogP contribution is -2.34. The van der Waals surface area contributed by atoms with Crippen LogP contribution >= 0.6 is 0 Å². The van der Waals surface area contributed by atoms with Crippen LogP contribution in [0.15, 0.2) is 30.3 Å². The molecule has 0 bridgehead atoms. The molecular weight excluding hydrogens is 238 g/mol. The Labute approximate surface area is 115 Å². The molecule has 3 nitrogen and oxygen atoms in total. The van der Waals surface area contributed by atoms with Crippen molar-refractivity contribution in [2.75, 3.05) is 19.7 Å². The van der Waals surface area contributed by atoms with Crippen LogP contribution in [0, 0.1) is 11.3 Å². The van der Waals surface area contributed by atoms with Crippen molar-refractivity contribution in [3.05, 3.63) is 35.9 Å². The van der Waals surface area contributed by atoms with Crippen LogP contribution in [0.2, 0.25) is 0 Å². The molecule has 1 aromatic carbocycles. The van der Waals surface area contributed by atoms with Gasteiger partial charge in [-0.3, -0.25) is 4.79 Å². The quantitative estimate of drug-likeness (QED) is 0.827. The molecule has 1 saturated heterocycles. The summed E-state index contributed by atoms with van der Waals surface area (Å²) in [6, 6.07) is 10.4. The van der Waals surface area contributed by atoms with E-state index in [9.17, 15) is 4.79 Å². The monoisotopic (exact) mass is 261 g/mol. The normalized spacial score (nSPS) is 26.3. The minimum atomic E-state index is -0.0527. The Kier molecular flexibility index (Phi) is 4.59. The average Bonchev–Trinajstić information content (AvgIpc) is 2.81. The van der Waals surface area contributed by atoms with Gasteiger partial charge in [0.1, 0.15) is 0 Å². The summed E-state index contributed by atoms with van der Waals surface area (Å²) in [6.45, 7) is 6.15. The van der Waals surface area contributed by atoms with Gasteiger partial charge >= 0.3 is 5.97 Å². The van der Waals surface area contributed by atoms with Crippen molar-refractivity contribution in [1.82, 2.24) is 5.32 Å². The Morgan fingerprint density at radius 1 is 1.42 bits per heavy atom. The minimum Gasteiger partial charge on any atom is -0.466 e. The SMILES string of the molecule is CCOC(=O)C1CNCC1(C)CCc1ccccc1. The molecule has 1 N–H and O–H groups in total. The van der Waals surface area contributed by atoms with Crippen molar-refractivity contribution in [2.45, 2.75) is 26.7 Å². The molecular formula is C16H23NO2. The van der Waals surface area contributed by atoms with Crippen LogP contribution in [0.4, 0.5) is 0 Å². The molecule has 0 radical (unpaired) electrons. The topological polar surface area (TPSA) is 38.3 Å². The van der Waals surface area contributed by atoms with Crippen molar-refractivity contribution in [1.29, 1.82) is 0 Å². The van der Waals surface area contributed by atoms with Crippen molar-refractivity contribution in [2.24, 2.45) is 11.3 Å². The Balaban J connectivity index is 1.98.